The van der Waals surface area contributed by atoms with Gasteiger partial charge in [0.15, 0.2) is 0 Å². The van der Waals surface area contributed by atoms with E-state index in [9.17, 15) is 38.7 Å². The third kappa shape index (κ3) is 17.8. The molecule has 0 saturated heterocycles. The number of H-pyrrole nitrogens is 1. The highest BCUT2D eigenvalue weighted by Crippen LogP contribution is 2.20. The van der Waals surface area contributed by atoms with Gasteiger partial charge >= 0.3 is 12.1 Å². The van der Waals surface area contributed by atoms with Crippen molar-refractivity contribution in [3.8, 4) is 0 Å². The molecule has 1 heterocycles. The molecule has 17 heteroatoms. The average Bonchev–Trinajstić information content (AvgIpc) is 3.56. The van der Waals surface area contributed by atoms with Gasteiger partial charge in [-0.1, -0.05) is 76.2 Å². The monoisotopic (exact) mass is 846 g/mol. The van der Waals surface area contributed by atoms with E-state index >= 15 is 0 Å². The van der Waals surface area contributed by atoms with E-state index in [1.165, 1.54) is 0 Å². The van der Waals surface area contributed by atoms with Gasteiger partial charge in [-0.05, 0) is 74.9 Å². The first-order valence-electron chi connectivity index (χ1n) is 20.4. The smallest absolute Gasteiger partial charge is 0.408 e. The molecule has 2 aromatic carbocycles. The van der Waals surface area contributed by atoms with Crippen molar-refractivity contribution in [1.29, 1.82) is 0 Å². The van der Waals surface area contributed by atoms with Gasteiger partial charge in [-0.25, -0.2) is 4.79 Å². The van der Waals surface area contributed by atoms with Crippen LogP contribution < -0.4 is 37.6 Å². The second kappa shape index (κ2) is 23.4. The number of alkyl carbamates (subject to hydrolysis) is 1. The Kier molecular flexibility index (Phi) is 18.8. The number of aromatic amines is 1. The van der Waals surface area contributed by atoms with Crippen LogP contribution >= 0.6 is 0 Å². The maximum atomic E-state index is 14.1. The van der Waals surface area contributed by atoms with E-state index in [0.717, 1.165) is 16.5 Å². The predicted molar refractivity (Wildman–Crippen MR) is 231 cm³/mol. The molecule has 17 nitrogen and oxygen atoms in total. The molecule has 0 spiro atoms. The zero-order valence-electron chi connectivity index (χ0n) is 36.0. The lowest BCUT2D eigenvalue weighted by Crippen LogP contribution is -2.59. The number of rotatable bonds is 23. The van der Waals surface area contributed by atoms with Gasteiger partial charge < -0.3 is 52.5 Å². The number of ether oxygens (including phenoxy) is 1. The van der Waals surface area contributed by atoms with E-state index in [1.807, 2.05) is 52.0 Å². The topological polar surface area (TPSA) is 263 Å². The summed E-state index contributed by atoms with van der Waals surface area (Å²) in [7, 11) is 0. The minimum Gasteiger partial charge on any atom is -0.481 e. The molecule has 0 fully saturated rings. The number of carbonyl (C=O) groups excluding carboxylic acids is 6. The summed E-state index contributed by atoms with van der Waals surface area (Å²) in [6, 6.07) is 10.5. The largest absolute Gasteiger partial charge is 0.481 e. The Morgan fingerprint density at radius 2 is 1.33 bits per heavy atom. The van der Waals surface area contributed by atoms with Crippen LogP contribution in [0.3, 0.4) is 0 Å². The van der Waals surface area contributed by atoms with Gasteiger partial charge in [0.1, 0.15) is 29.8 Å². The first-order valence-corrected chi connectivity index (χ1v) is 20.4. The summed E-state index contributed by atoms with van der Waals surface area (Å²) < 4.78 is 5.39. The molecule has 1 aromatic heterocycles. The van der Waals surface area contributed by atoms with Gasteiger partial charge in [0.25, 0.3) is 0 Å². The highest BCUT2D eigenvalue weighted by atomic mass is 16.6. The maximum absolute atomic E-state index is 14.1. The van der Waals surface area contributed by atoms with Gasteiger partial charge in [0.2, 0.25) is 29.5 Å². The van der Waals surface area contributed by atoms with Crippen molar-refractivity contribution in [2.45, 2.75) is 116 Å². The van der Waals surface area contributed by atoms with Gasteiger partial charge in [0, 0.05) is 29.9 Å². The van der Waals surface area contributed by atoms with Crippen LogP contribution in [-0.4, -0.2) is 94.0 Å². The number of nitrogens with two attached hydrogens (primary N) is 1. The molecule has 332 valence electrons. The van der Waals surface area contributed by atoms with Crippen molar-refractivity contribution in [3.63, 3.8) is 0 Å². The Balaban J connectivity index is 1.80. The molecule has 5 atom stereocenters. The summed E-state index contributed by atoms with van der Waals surface area (Å²) >= 11 is 0. The van der Waals surface area contributed by atoms with E-state index in [1.54, 1.807) is 69.6 Å². The Morgan fingerprint density at radius 1 is 0.738 bits per heavy atom. The number of para-hydroxylation sites is 1. The summed E-state index contributed by atoms with van der Waals surface area (Å²) in [4.78, 5) is 94.5. The maximum Gasteiger partial charge on any atom is 0.408 e. The average molecular weight is 847 g/mol. The number of aromatic nitrogens is 1. The van der Waals surface area contributed by atoms with Crippen molar-refractivity contribution in [1.82, 2.24) is 36.9 Å². The van der Waals surface area contributed by atoms with Crippen LogP contribution in [0.5, 0.6) is 0 Å². The summed E-state index contributed by atoms with van der Waals surface area (Å²) in [6.07, 6.45) is 4.33. The Hall–Kier alpha value is -6.39. The molecule has 61 heavy (non-hydrogen) atoms. The Morgan fingerprint density at radius 3 is 1.95 bits per heavy atom. The number of hydrogen-bond donors (Lipinski definition) is 9. The quantitative estimate of drug-likeness (QED) is 0.0674. The number of nitrogens with one attached hydrogen (secondary N) is 7. The molecule has 0 aliphatic carbocycles. The summed E-state index contributed by atoms with van der Waals surface area (Å²) in [5, 5.41) is 26.6. The number of primary amides is 1. The van der Waals surface area contributed by atoms with Crippen molar-refractivity contribution in [3.05, 3.63) is 84.2 Å². The lowest BCUT2D eigenvalue weighted by molar-refractivity contribution is -0.141. The van der Waals surface area contributed by atoms with Crippen LogP contribution in [0, 0.1) is 11.8 Å². The molecule has 0 unspecified atom stereocenters. The Labute approximate surface area is 356 Å². The molecular weight excluding hydrogens is 785 g/mol. The summed E-state index contributed by atoms with van der Waals surface area (Å²) in [6.45, 7) is 12.7. The molecule has 6 amide bonds. The fourth-order valence-electron chi connectivity index (χ4n) is 6.44. The van der Waals surface area contributed by atoms with Gasteiger partial charge in [-0.3, -0.25) is 28.8 Å². The van der Waals surface area contributed by atoms with Crippen molar-refractivity contribution >= 4 is 52.5 Å². The van der Waals surface area contributed by atoms with Crippen LogP contribution in [0.25, 0.3) is 10.9 Å². The van der Waals surface area contributed by atoms with Crippen LogP contribution in [0.15, 0.2) is 73.1 Å². The third-order valence-corrected chi connectivity index (χ3v) is 9.18. The number of benzene rings is 2. The number of carboxylic acid groups (broad SMARTS) is 1. The standard InChI is InChI=1S/C44H62N8O9/c1-26(2)19-30(48-43(60)61-44(5,6)7)17-18-46-25-37(53)49-35(22-29-24-47-32-16-12-11-15-31(29)32)41(58)51-34(20-27(3)4)40(57)52-36(23-38(54)55)42(59)50-33(39(45)56)21-28-13-9-8-10-14-28/h8-18,24,26-27,30,33-36,46-47H,19-23,25H2,1-7H3,(H2,45,56)(H,48,60)(H,49,53)(H,50,59)(H,51,58)(H,52,57)(H,54,55)/b18-17+/t30-,33+,34+,35+,36+/m1/s1. The molecular formula is C44H62N8O9. The SMILES string of the molecule is CC(C)C[C@@H](/C=C/NCC(=O)N[C@@H](Cc1c[nH]c2ccccc12)C(=O)N[C@@H](CC(C)C)C(=O)N[C@@H](CC(=O)O)C(=O)N[C@@H](Cc1ccccc1)C(N)=O)NC(=O)OC(C)(C)C. The number of hydrogen-bond acceptors (Lipinski definition) is 9. The van der Waals surface area contributed by atoms with Gasteiger partial charge in [0.05, 0.1) is 19.0 Å². The normalized spacial score (nSPS) is 14.0. The lowest BCUT2D eigenvalue weighted by Gasteiger charge is -2.26. The second-order valence-corrected chi connectivity index (χ2v) is 16.8. The van der Waals surface area contributed by atoms with Crippen LogP contribution in [0.4, 0.5) is 4.79 Å². The molecule has 3 rings (SSSR count). The minimum absolute atomic E-state index is 0.0288. The highest BCUT2D eigenvalue weighted by molar-refractivity contribution is 5.97. The van der Waals surface area contributed by atoms with E-state index < -0.39 is 83.8 Å². The van der Waals surface area contributed by atoms with E-state index in [-0.39, 0.29) is 37.6 Å². The second-order valence-electron chi connectivity index (χ2n) is 16.8. The van der Waals surface area contributed by atoms with E-state index in [2.05, 4.69) is 36.9 Å². The summed E-state index contributed by atoms with van der Waals surface area (Å²) in [5.74, 6) is -5.23. The van der Waals surface area contributed by atoms with Crippen molar-refractivity contribution in [2.24, 2.45) is 17.6 Å². The molecule has 0 radical (unpaired) electrons. The van der Waals surface area contributed by atoms with Crippen LogP contribution in [-0.2, 0) is 46.3 Å². The van der Waals surface area contributed by atoms with Crippen molar-refractivity contribution < 1.29 is 43.4 Å². The fraction of sp³-hybridized carbons (Fsp3) is 0.477. The number of amides is 6. The first-order chi connectivity index (χ1) is 28.7. The Bertz CT molecular complexity index is 1990. The highest BCUT2D eigenvalue weighted by Gasteiger charge is 2.33. The molecule has 0 aliphatic heterocycles. The molecule has 0 saturated carbocycles. The lowest BCUT2D eigenvalue weighted by atomic mass is 10.00. The zero-order valence-corrected chi connectivity index (χ0v) is 36.0. The first kappa shape index (κ1) is 49.0. The third-order valence-electron chi connectivity index (χ3n) is 9.18. The van der Waals surface area contributed by atoms with Crippen molar-refractivity contribution in [2.75, 3.05) is 6.54 Å². The van der Waals surface area contributed by atoms with Gasteiger partial charge in [-0.15, -0.1) is 0 Å². The number of aliphatic carboxylic acids is 1. The molecule has 3 aromatic rings. The van der Waals surface area contributed by atoms with Gasteiger partial charge in [-0.2, -0.15) is 0 Å². The predicted octanol–water partition coefficient (Wildman–Crippen LogP) is 2.94. The van der Waals surface area contributed by atoms with E-state index in [4.69, 9.17) is 10.5 Å². The molecule has 10 N–H and O–H groups in total. The number of fused-ring (bicyclic) bond motifs is 1. The molecule has 0 aliphatic rings. The number of carbonyl (C=O) groups is 7. The zero-order chi connectivity index (χ0) is 45.3. The fourth-order valence-corrected chi connectivity index (χ4v) is 6.44. The number of carboxylic acids is 1. The van der Waals surface area contributed by atoms with Crippen LogP contribution in [0.1, 0.15) is 78.9 Å². The van der Waals surface area contributed by atoms with Crippen LogP contribution in [0.2, 0.25) is 0 Å². The molecule has 0 bridgehead atoms. The van der Waals surface area contributed by atoms with E-state index in [0.29, 0.717) is 12.0 Å². The summed E-state index contributed by atoms with van der Waals surface area (Å²) in [5.41, 5.74) is 7.11. The minimum atomic E-state index is -1.63.